The van der Waals surface area contributed by atoms with Gasteiger partial charge in [0.25, 0.3) is 0 Å². The summed E-state index contributed by atoms with van der Waals surface area (Å²) in [7, 11) is 0. The van der Waals surface area contributed by atoms with Gasteiger partial charge in [-0.25, -0.2) is 0 Å². The molecule has 4 heteroatoms. The first-order valence-corrected chi connectivity index (χ1v) is 6.39. The van der Waals surface area contributed by atoms with Crippen molar-refractivity contribution in [3.05, 3.63) is 0 Å². The Kier molecular flexibility index (Phi) is 6.20. The lowest BCUT2D eigenvalue weighted by Crippen LogP contribution is -2.54. The van der Waals surface area contributed by atoms with Crippen molar-refractivity contribution in [2.75, 3.05) is 12.8 Å². The van der Waals surface area contributed by atoms with E-state index in [1.165, 1.54) is 0 Å². The summed E-state index contributed by atoms with van der Waals surface area (Å²) in [6.45, 7) is 6.53. The van der Waals surface area contributed by atoms with Crippen molar-refractivity contribution in [1.82, 2.24) is 5.32 Å². The molecule has 0 bridgehead atoms. The highest BCUT2D eigenvalue weighted by atomic mass is 32.2. The number of carbonyl (C=O) groups excluding carboxylic acids is 1. The predicted octanol–water partition coefficient (Wildman–Crippen LogP) is 1.37. The maximum Gasteiger partial charge on any atom is 0.233 e. The number of nitrogens with two attached hydrogens (primary N) is 1. The molecule has 3 N–H and O–H groups in total. The number of thioether (sulfide) groups is 1. The topological polar surface area (TPSA) is 55.1 Å². The summed E-state index contributed by atoms with van der Waals surface area (Å²) in [5, 5.41) is 3.04. The van der Waals surface area contributed by atoms with Crippen molar-refractivity contribution >= 4 is 17.7 Å². The van der Waals surface area contributed by atoms with E-state index in [0.717, 1.165) is 12.8 Å². The largest absolute Gasteiger partial charge is 0.348 e. The van der Waals surface area contributed by atoms with E-state index in [-0.39, 0.29) is 16.7 Å². The molecule has 0 aromatic rings. The zero-order chi connectivity index (χ0) is 11.2. The van der Waals surface area contributed by atoms with Gasteiger partial charge in [-0.15, -0.1) is 0 Å². The summed E-state index contributed by atoms with van der Waals surface area (Å²) in [5.41, 5.74) is 5.49. The maximum atomic E-state index is 11.7. The average molecular weight is 218 g/mol. The van der Waals surface area contributed by atoms with E-state index in [1.807, 2.05) is 13.2 Å². The van der Waals surface area contributed by atoms with Gasteiger partial charge in [0, 0.05) is 6.54 Å². The Labute approximate surface area is 91.2 Å². The Bertz CT molecular complexity index is 173. The van der Waals surface area contributed by atoms with Crippen molar-refractivity contribution < 1.29 is 4.79 Å². The third-order valence-corrected chi connectivity index (χ3v) is 3.78. The fourth-order valence-electron chi connectivity index (χ4n) is 1.24. The third-order valence-electron chi connectivity index (χ3n) is 2.86. The number of amides is 1. The van der Waals surface area contributed by atoms with E-state index < -0.39 is 0 Å². The highest BCUT2D eigenvalue weighted by Crippen LogP contribution is 2.15. The van der Waals surface area contributed by atoms with E-state index in [1.54, 1.807) is 11.8 Å². The lowest BCUT2D eigenvalue weighted by atomic mass is 9.93. The summed E-state index contributed by atoms with van der Waals surface area (Å²) < 4.78 is 0. The summed E-state index contributed by atoms with van der Waals surface area (Å²) in [6, 6.07) is 0. The smallest absolute Gasteiger partial charge is 0.233 e. The second kappa shape index (κ2) is 6.30. The van der Waals surface area contributed by atoms with E-state index >= 15 is 0 Å². The van der Waals surface area contributed by atoms with Gasteiger partial charge in [-0.05, 0) is 26.0 Å². The molecule has 0 saturated carbocycles. The molecule has 0 heterocycles. The number of hydrogen-bond acceptors (Lipinski definition) is 3. The molecule has 0 saturated heterocycles. The minimum absolute atomic E-state index is 0.000903. The molecular weight excluding hydrogens is 196 g/mol. The minimum Gasteiger partial charge on any atom is -0.348 e. The monoisotopic (exact) mass is 218 g/mol. The number of nitrogens with one attached hydrogen (secondary N) is 1. The molecule has 1 unspecified atom stereocenters. The van der Waals surface area contributed by atoms with Gasteiger partial charge in [0.05, 0.1) is 10.8 Å². The van der Waals surface area contributed by atoms with Crippen LogP contribution < -0.4 is 11.1 Å². The maximum absolute atomic E-state index is 11.7. The molecule has 0 rings (SSSR count). The summed E-state index contributed by atoms with van der Waals surface area (Å²) in [4.78, 5) is 11.7. The van der Waals surface area contributed by atoms with Crippen molar-refractivity contribution in [2.45, 2.75) is 44.4 Å². The van der Waals surface area contributed by atoms with Crippen molar-refractivity contribution in [1.29, 1.82) is 0 Å². The minimum atomic E-state index is -0.207. The Morgan fingerprint density at radius 1 is 1.50 bits per heavy atom. The quantitative estimate of drug-likeness (QED) is 0.708. The molecular formula is C10H22N2OS. The molecule has 0 aliphatic rings. The number of hydrogen-bond donors (Lipinski definition) is 2. The van der Waals surface area contributed by atoms with Gasteiger partial charge in [-0.2, -0.15) is 11.8 Å². The average Bonchev–Trinajstić information content (AvgIpc) is 2.24. The molecule has 1 atom stereocenters. The van der Waals surface area contributed by atoms with Gasteiger partial charge in [0.15, 0.2) is 0 Å². The van der Waals surface area contributed by atoms with Crippen LogP contribution >= 0.6 is 11.8 Å². The third kappa shape index (κ3) is 3.50. The van der Waals surface area contributed by atoms with Gasteiger partial charge in [-0.1, -0.05) is 13.8 Å². The highest BCUT2D eigenvalue weighted by molar-refractivity contribution is 7.99. The summed E-state index contributed by atoms with van der Waals surface area (Å²) in [5.74, 6) is 0.0895. The molecule has 0 spiro atoms. The second-order valence-electron chi connectivity index (χ2n) is 3.56. The number of carbonyl (C=O) groups is 1. The molecule has 0 radical (unpaired) electrons. The van der Waals surface area contributed by atoms with Gasteiger partial charge < -0.3 is 11.1 Å². The van der Waals surface area contributed by atoms with Gasteiger partial charge in [-0.3, -0.25) is 4.79 Å². The number of rotatable bonds is 6. The molecule has 0 aromatic heterocycles. The van der Waals surface area contributed by atoms with Crippen LogP contribution in [0.2, 0.25) is 0 Å². The Morgan fingerprint density at radius 2 is 2.00 bits per heavy atom. The molecule has 14 heavy (non-hydrogen) atoms. The lowest BCUT2D eigenvalue weighted by molar-refractivity contribution is -0.122. The van der Waals surface area contributed by atoms with Crippen LogP contribution in [0, 0.1) is 0 Å². The van der Waals surface area contributed by atoms with E-state index in [0.29, 0.717) is 6.54 Å². The zero-order valence-corrected chi connectivity index (χ0v) is 10.4. The van der Waals surface area contributed by atoms with Crippen LogP contribution in [0.15, 0.2) is 0 Å². The normalized spacial score (nSPS) is 13.8. The van der Waals surface area contributed by atoms with E-state index in [2.05, 4.69) is 19.2 Å². The first-order valence-electron chi connectivity index (χ1n) is 5.10. The van der Waals surface area contributed by atoms with Crippen molar-refractivity contribution in [3.63, 3.8) is 0 Å². The standard InChI is InChI=1S/C10H22N2OS/c1-5-10(6-2,7-11)12-9(13)8(3)14-4/h8H,5-7,11H2,1-4H3,(H,12,13). The molecule has 0 aromatic carbocycles. The Morgan fingerprint density at radius 3 is 2.29 bits per heavy atom. The van der Waals surface area contributed by atoms with Gasteiger partial charge in [0.1, 0.15) is 0 Å². The van der Waals surface area contributed by atoms with Crippen LogP contribution in [-0.2, 0) is 4.79 Å². The SMILES string of the molecule is CCC(CC)(CN)NC(=O)C(C)SC. The Hall–Kier alpha value is -0.220. The summed E-state index contributed by atoms with van der Waals surface area (Å²) >= 11 is 1.55. The van der Waals surface area contributed by atoms with Crippen molar-refractivity contribution in [2.24, 2.45) is 5.73 Å². The van der Waals surface area contributed by atoms with E-state index in [4.69, 9.17) is 5.73 Å². The van der Waals surface area contributed by atoms with Crippen LogP contribution in [0.4, 0.5) is 0 Å². The van der Waals surface area contributed by atoms with Gasteiger partial charge >= 0.3 is 0 Å². The van der Waals surface area contributed by atoms with Crippen LogP contribution in [0.3, 0.4) is 0 Å². The van der Waals surface area contributed by atoms with Gasteiger partial charge in [0.2, 0.25) is 5.91 Å². The first kappa shape index (κ1) is 13.8. The first-order chi connectivity index (χ1) is 6.55. The fourth-order valence-corrected chi connectivity index (χ4v) is 1.51. The molecule has 0 aliphatic carbocycles. The summed E-state index contributed by atoms with van der Waals surface area (Å²) in [6.07, 6.45) is 3.70. The molecule has 3 nitrogen and oxygen atoms in total. The highest BCUT2D eigenvalue weighted by Gasteiger charge is 2.27. The van der Waals surface area contributed by atoms with E-state index in [9.17, 15) is 4.79 Å². The van der Waals surface area contributed by atoms with Crippen LogP contribution in [-0.4, -0.2) is 29.5 Å². The Balaban J connectivity index is 4.37. The van der Waals surface area contributed by atoms with Crippen molar-refractivity contribution in [3.8, 4) is 0 Å². The molecule has 1 amide bonds. The second-order valence-corrected chi connectivity index (χ2v) is 4.74. The van der Waals surface area contributed by atoms with Crippen LogP contribution in [0.25, 0.3) is 0 Å². The molecule has 0 aliphatic heterocycles. The van der Waals surface area contributed by atoms with Crippen LogP contribution in [0.5, 0.6) is 0 Å². The predicted molar refractivity (Wildman–Crippen MR) is 63.5 cm³/mol. The lowest BCUT2D eigenvalue weighted by Gasteiger charge is -2.32. The molecule has 0 fully saturated rings. The molecule has 84 valence electrons. The zero-order valence-electron chi connectivity index (χ0n) is 9.59. The fraction of sp³-hybridized carbons (Fsp3) is 0.900. The van der Waals surface area contributed by atoms with Crippen LogP contribution in [0.1, 0.15) is 33.6 Å².